The largest absolute Gasteiger partial charge is 0.352 e. The zero-order chi connectivity index (χ0) is 18.5. The van der Waals surface area contributed by atoms with Crippen LogP contribution in [0.5, 0.6) is 0 Å². The molecule has 4 nitrogen and oxygen atoms in total. The van der Waals surface area contributed by atoms with E-state index in [0.717, 1.165) is 30.6 Å². The number of benzene rings is 1. The van der Waals surface area contributed by atoms with E-state index in [-0.39, 0.29) is 30.2 Å². The van der Waals surface area contributed by atoms with Crippen molar-refractivity contribution in [1.29, 1.82) is 0 Å². The average Bonchev–Trinajstić information content (AvgIpc) is 3.07. The molecule has 1 saturated carbocycles. The van der Waals surface area contributed by atoms with Crippen LogP contribution in [0.1, 0.15) is 46.7 Å². The number of nitrogens with one attached hydrogen (secondary N) is 1. The van der Waals surface area contributed by atoms with Crippen molar-refractivity contribution in [3.63, 3.8) is 0 Å². The van der Waals surface area contributed by atoms with Crippen molar-refractivity contribution in [2.75, 3.05) is 11.4 Å². The summed E-state index contributed by atoms with van der Waals surface area (Å²) < 4.78 is 13.3. The number of amides is 2. The van der Waals surface area contributed by atoms with Crippen LogP contribution in [-0.2, 0) is 4.79 Å². The molecule has 26 heavy (non-hydrogen) atoms. The molecular formula is C20H23FN2O2S. The maximum atomic E-state index is 13.3. The number of nitrogens with zero attached hydrogens (tertiary/aromatic N) is 1. The van der Waals surface area contributed by atoms with Gasteiger partial charge >= 0.3 is 0 Å². The topological polar surface area (TPSA) is 49.4 Å². The number of carbonyl (C=O) groups is 2. The Labute approximate surface area is 157 Å². The zero-order valence-electron chi connectivity index (χ0n) is 14.8. The number of halogens is 1. The highest BCUT2D eigenvalue weighted by Crippen LogP contribution is 2.23. The molecule has 1 aliphatic rings. The molecule has 138 valence electrons. The van der Waals surface area contributed by atoms with Crippen molar-refractivity contribution in [3.05, 3.63) is 52.0 Å². The Morgan fingerprint density at radius 2 is 1.81 bits per heavy atom. The Morgan fingerprint density at radius 1 is 1.12 bits per heavy atom. The molecule has 0 unspecified atom stereocenters. The van der Waals surface area contributed by atoms with Crippen LogP contribution in [0.4, 0.5) is 10.1 Å². The molecule has 1 aromatic heterocycles. The van der Waals surface area contributed by atoms with E-state index in [1.807, 2.05) is 13.0 Å². The molecule has 2 aromatic rings. The fourth-order valence-electron chi connectivity index (χ4n) is 3.25. The van der Waals surface area contributed by atoms with Gasteiger partial charge in [0.05, 0.1) is 4.88 Å². The molecule has 0 saturated heterocycles. The fraction of sp³-hybridized carbons (Fsp3) is 0.400. The first-order valence-corrected chi connectivity index (χ1v) is 9.78. The summed E-state index contributed by atoms with van der Waals surface area (Å²) in [5, 5.41) is 3.04. The molecule has 1 N–H and O–H groups in total. The third-order valence-electron chi connectivity index (χ3n) is 4.61. The summed E-state index contributed by atoms with van der Waals surface area (Å²) >= 11 is 1.39. The second-order valence-corrected chi connectivity index (χ2v) is 7.97. The lowest BCUT2D eigenvalue weighted by atomic mass is 9.95. The zero-order valence-corrected chi connectivity index (χ0v) is 15.7. The highest BCUT2D eigenvalue weighted by molar-refractivity contribution is 7.14. The van der Waals surface area contributed by atoms with Crippen molar-refractivity contribution in [2.24, 2.45) is 0 Å². The van der Waals surface area contributed by atoms with Crippen LogP contribution in [0.2, 0.25) is 0 Å². The summed E-state index contributed by atoms with van der Waals surface area (Å²) in [6.07, 6.45) is 5.44. The summed E-state index contributed by atoms with van der Waals surface area (Å²) in [6.45, 7) is 1.86. The molecule has 1 heterocycles. The van der Waals surface area contributed by atoms with Crippen LogP contribution in [0.3, 0.4) is 0 Å². The molecular weight excluding hydrogens is 351 g/mol. The highest BCUT2D eigenvalue weighted by atomic mass is 32.1. The number of hydrogen-bond acceptors (Lipinski definition) is 3. The van der Waals surface area contributed by atoms with Crippen LogP contribution in [0.25, 0.3) is 0 Å². The lowest BCUT2D eigenvalue weighted by Gasteiger charge is -2.26. The summed E-state index contributed by atoms with van der Waals surface area (Å²) in [7, 11) is 0. The molecule has 1 aliphatic carbocycles. The smallest absolute Gasteiger partial charge is 0.268 e. The third kappa shape index (κ3) is 4.69. The Kier molecular flexibility index (Phi) is 6.04. The first-order valence-electron chi connectivity index (χ1n) is 8.96. The van der Waals surface area contributed by atoms with Crippen LogP contribution in [-0.4, -0.2) is 24.4 Å². The van der Waals surface area contributed by atoms with Gasteiger partial charge in [0.25, 0.3) is 5.91 Å². The predicted molar refractivity (Wildman–Crippen MR) is 102 cm³/mol. The van der Waals surface area contributed by atoms with Crippen molar-refractivity contribution in [3.8, 4) is 0 Å². The summed E-state index contributed by atoms with van der Waals surface area (Å²) in [6, 6.07) is 9.48. The van der Waals surface area contributed by atoms with E-state index < -0.39 is 0 Å². The van der Waals surface area contributed by atoms with Gasteiger partial charge in [-0.3, -0.25) is 14.5 Å². The number of hydrogen-bond donors (Lipinski definition) is 1. The molecule has 2 amide bonds. The summed E-state index contributed by atoms with van der Waals surface area (Å²) in [5.41, 5.74) is 0.515. The fourth-order valence-corrected chi connectivity index (χ4v) is 4.06. The maximum absolute atomic E-state index is 13.3. The van der Waals surface area contributed by atoms with Gasteiger partial charge in [-0.1, -0.05) is 19.3 Å². The maximum Gasteiger partial charge on any atom is 0.268 e. The minimum absolute atomic E-state index is 0.0715. The van der Waals surface area contributed by atoms with Crippen molar-refractivity contribution in [1.82, 2.24) is 5.32 Å². The summed E-state index contributed by atoms with van der Waals surface area (Å²) in [4.78, 5) is 28.5. The van der Waals surface area contributed by atoms with E-state index >= 15 is 0 Å². The Morgan fingerprint density at radius 3 is 2.42 bits per heavy atom. The van der Waals surface area contributed by atoms with E-state index in [4.69, 9.17) is 0 Å². The number of thiophene rings is 1. The van der Waals surface area contributed by atoms with Gasteiger partial charge in [-0.25, -0.2) is 4.39 Å². The summed E-state index contributed by atoms with van der Waals surface area (Å²) in [5.74, 6) is -0.795. The molecule has 0 atom stereocenters. The average molecular weight is 374 g/mol. The van der Waals surface area contributed by atoms with Gasteiger partial charge in [0.15, 0.2) is 0 Å². The van der Waals surface area contributed by atoms with E-state index in [9.17, 15) is 14.0 Å². The SMILES string of the molecule is Cc1ccc(C(=O)N(CC(=O)NC2CCCCC2)c2ccc(F)cc2)s1. The van der Waals surface area contributed by atoms with Crippen molar-refractivity contribution in [2.45, 2.75) is 45.1 Å². The quantitative estimate of drug-likeness (QED) is 0.849. The molecule has 0 bridgehead atoms. The first-order chi connectivity index (χ1) is 12.5. The van der Waals surface area contributed by atoms with E-state index in [2.05, 4.69) is 5.32 Å². The lowest BCUT2D eigenvalue weighted by molar-refractivity contribution is -0.120. The monoisotopic (exact) mass is 374 g/mol. The van der Waals surface area contributed by atoms with Crippen LogP contribution >= 0.6 is 11.3 Å². The van der Waals surface area contributed by atoms with Crippen LogP contribution < -0.4 is 10.2 Å². The number of anilines is 1. The Balaban J connectivity index is 1.77. The molecule has 3 rings (SSSR count). The van der Waals surface area contributed by atoms with Gasteiger partial charge in [-0.15, -0.1) is 11.3 Å². The standard InChI is InChI=1S/C20H23FN2O2S/c1-14-7-12-18(26-14)20(25)23(17-10-8-15(21)9-11-17)13-19(24)22-16-5-3-2-4-6-16/h7-12,16H,2-6,13H2,1H3,(H,22,24). The van der Waals surface area contributed by atoms with Gasteiger partial charge < -0.3 is 5.32 Å². The van der Waals surface area contributed by atoms with Crippen LogP contribution in [0.15, 0.2) is 36.4 Å². The Hall–Kier alpha value is -2.21. The van der Waals surface area contributed by atoms with E-state index in [1.165, 1.54) is 46.9 Å². The number of aryl methyl sites for hydroxylation is 1. The third-order valence-corrected chi connectivity index (χ3v) is 5.60. The molecule has 1 aromatic carbocycles. The van der Waals surface area contributed by atoms with Gasteiger partial charge in [0.2, 0.25) is 5.91 Å². The Bertz CT molecular complexity index is 766. The minimum atomic E-state index is -0.375. The van der Waals surface area contributed by atoms with E-state index in [1.54, 1.807) is 6.07 Å². The van der Waals surface area contributed by atoms with Gasteiger partial charge in [0, 0.05) is 16.6 Å². The molecule has 0 radical (unpaired) electrons. The normalized spacial score (nSPS) is 14.8. The highest BCUT2D eigenvalue weighted by Gasteiger charge is 2.24. The van der Waals surface area contributed by atoms with Crippen molar-refractivity contribution < 1.29 is 14.0 Å². The minimum Gasteiger partial charge on any atom is -0.352 e. The second-order valence-electron chi connectivity index (χ2n) is 6.68. The number of carbonyl (C=O) groups excluding carboxylic acids is 2. The molecule has 6 heteroatoms. The lowest BCUT2D eigenvalue weighted by Crippen LogP contribution is -2.44. The molecule has 0 spiro atoms. The number of rotatable bonds is 5. The van der Waals surface area contributed by atoms with E-state index in [0.29, 0.717) is 10.6 Å². The molecule has 1 fully saturated rings. The van der Waals surface area contributed by atoms with Gasteiger partial charge in [0.1, 0.15) is 12.4 Å². The van der Waals surface area contributed by atoms with Gasteiger partial charge in [-0.05, 0) is 56.2 Å². The van der Waals surface area contributed by atoms with Crippen LogP contribution in [0, 0.1) is 12.7 Å². The second kappa shape index (κ2) is 8.45. The predicted octanol–water partition coefficient (Wildman–Crippen LogP) is 4.29. The van der Waals surface area contributed by atoms with Gasteiger partial charge in [-0.2, -0.15) is 0 Å². The van der Waals surface area contributed by atoms with Crippen molar-refractivity contribution >= 4 is 28.8 Å². The molecule has 0 aliphatic heterocycles. The first kappa shape index (κ1) is 18.6.